The van der Waals surface area contributed by atoms with Crippen molar-refractivity contribution in [1.82, 2.24) is 5.43 Å². The van der Waals surface area contributed by atoms with E-state index in [0.717, 1.165) is 16.8 Å². The minimum Gasteiger partial charge on any atom is -0.493 e. The molecule has 3 aromatic rings. The van der Waals surface area contributed by atoms with Crippen molar-refractivity contribution in [3.05, 3.63) is 89.7 Å². The van der Waals surface area contributed by atoms with E-state index in [1.165, 1.54) is 12.1 Å². The van der Waals surface area contributed by atoms with E-state index in [1.54, 1.807) is 37.6 Å². The van der Waals surface area contributed by atoms with Crippen LogP contribution in [0.2, 0.25) is 0 Å². The second kappa shape index (κ2) is 10.2. The molecule has 0 aliphatic heterocycles. The Morgan fingerprint density at radius 3 is 2.52 bits per heavy atom. The summed E-state index contributed by atoms with van der Waals surface area (Å²) in [6.45, 7) is 0.311. The van der Waals surface area contributed by atoms with E-state index < -0.39 is 0 Å². The van der Waals surface area contributed by atoms with Gasteiger partial charge in [0, 0.05) is 5.69 Å². The van der Waals surface area contributed by atoms with Gasteiger partial charge in [-0.25, -0.2) is 4.39 Å². The average Bonchev–Trinajstić information content (AvgIpc) is 2.74. The van der Waals surface area contributed by atoms with Crippen LogP contribution in [0.15, 0.2) is 77.9 Å². The monoisotopic (exact) mass is 409 g/mol. The smallest absolute Gasteiger partial charge is 0.191 e. The van der Waals surface area contributed by atoms with E-state index in [9.17, 15) is 4.39 Å². The van der Waals surface area contributed by atoms with Crippen LogP contribution in [0.25, 0.3) is 0 Å². The number of nitrogens with zero attached hydrogens (tertiary/aromatic N) is 1. The van der Waals surface area contributed by atoms with Crippen molar-refractivity contribution in [2.24, 2.45) is 5.10 Å². The first-order valence-corrected chi connectivity index (χ1v) is 9.25. The van der Waals surface area contributed by atoms with Crippen LogP contribution < -0.4 is 20.2 Å². The van der Waals surface area contributed by atoms with Crippen LogP contribution in [-0.2, 0) is 6.61 Å². The molecule has 0 radical (unpaired) electrons. The number of methoxy groups -OCH3 is 1. The van der Waals surface area contributed by atoms with Gasteiger partial charge in [0.25, 0.3) is 0 Å². The molecule has 0 fully saturated rings. The van der Waals surface area contributed by atoms with Crippen LogP contribution in [0.4, 0.5) is 10.1 Å². The van der Waals surface area contributed by atoms with Gasteiger partial charge < -0.3 is 14.8 Å². The van der Waals surface area contributed by atoms with Gasteiger partial charge in [-0.1, -0.05) is 30.3 Å². The zero-order valence-corrected chi connectivity index (χ0v) is 16.6. The Labute approximate surface area is 174 Å². The summed E-state index contributed by atoms with van der Waals surface area (Å²) in [5.74, 6) is 0.881. The van der Waals surface area contributed by atoms with Crippen molar-refractivity contribution < 1.29 is 13.9 Å². The van der Waals surface area contributed by atoms with Gasteiger partial charge in [-0.05, 0) is 65.8 Å². The minimum atomic E-state index is -0.276. The maximum atomic E-state index is 13.0. The van der Waals surface area contributed by atoms with E-state index in [0.29, 0.717) is 23.2 Å². The van der Waals surface area contributed by atoms with Gasteiger partial charge in [-0.15, -0.1) is 0 Å². The fourth-order valence-electron chi connectivity index (χ4n) is 2.47. The van der Waals surface area contributed by atoms with Crippen LogP contribution in [0, 0.1) is 5.82 Å². The molecule has 148 valence electrons. The highest BCUT2D eigenvalue weighted by Gasteiger charge is 2.06. The van der Waals surface area contributed by atoms with Gasteiger partial charge in [0.2, 0.25) is 0 Å². The molecule has 0 aliphatic rings. The predicted molar refractivity (Wildman–Crippen MR) is 117 cm³/mol. The maximum Gasteiger partial charge on any atom is 0.191 e. The molecule has 0 heterocycles. The molecule has 29 heavy (non-hydrogen) atoms. The van der Waals surface area contributed by atoms with Gasteiger partial charge in [-0.3, -0.25) is 5.43 Å². The van der Waals surface area contributed by atoms with E-state index in [-0.39, 0.29) is 5.82 Å². The van der Waals surface area contributed by atoms with Crippen molar-refractivity contribution in [2.45, 2.75) is 6.61 Å². The van der Waals surface area contributed by atoms with Crippen LogP contribution in [0.3, 0.4) is 0 Å². The maximum absolute atomic E-state index is 13.0. The molecule has 0 atom stereocenters. The molecule has 0 aliphatic carbocycles. The Kier molecular flexibility index (Phi) is 7.13. The number of ether oxygens (including phenoxy) is 2. The molecule has 0 spiro atoms. The molecule has 2 N–H and O–H groups in total. The van der Waals surface area contributed by atoms with Crippen molar-refractivity contribution in [2.75, 3.05) is 12.4 Å². The summed E-state index contributed by atoms with van der Waals surface area (Å²) >= 11 is 5.21. The Balaban J connectivity index is 1.56. The molecule has 0 saturated heterocycles. The first kappa shape index (κ1) is 20.3. The molecule has 7 heteroatoms. The minimum absolute atomic E-state index is 0.276. The van der Waals surface area contributed by atoms with E-state index >= 15 is 0 Å². The number of thiocarbonyl (C=S) groups is 1. The van der Waals surface area contributed by atoms with Gasteiger partial charge in [0.15, 0.2) is 16.6 Å². The van der Waals surface area contributed by atoms with Gasteiger partial charge in [0.05, 0.1) is 13.3 Å². The third-order valence-electron chi connectivity index (χ3n) is 3.91. The van der Waals surface area contributed by atoms with E-state index in [4.69, 9.17) is 21.7 Å². The topological polar surface area (TPSA) is 54.9 Å². The summed E-state index contributed by atoms with van der Waals surface area (Å²) < 4.78 is 24.2. The first-order valence-electron chi connectivity index (χ1n) is 8.84. The fraction of sp³-hybridized carbons (Fsp3) is 0.0909. The molecule has 0 saturated carbocycles. The lowest BCUT2D eigenvalue weighted by atomic mass is 10.2. The third kappa shape index (κ3) is 6.29. The summed E-state index contributed by atoms with van der Waals surface area (Å²) in [5, 5.41) is 7.56. The van der Waals surface area contributed by atoms with E-state index in [2.05, 4.69) is 15.8 Å². The van der Waals surface area contributed by atoms with Crippen LogP contribution >= 0.6 is 12.2 Å². The zero-order chi connectivity index (χ0) is 20.5. The molecule has 3 rings (SSSR count). The predicted octanol–water partition coefficient (Wildman–Crippen LogP) is 4.73. The summed E-state index contributed by atoms with van der Waals surface area (Å²) in [6.07, 6.45) is 1.63. The Morgan fingerprint density at radius 1 is 1.03 bits per heavy atom. The number of para-hydroxylation sites is 1. The van der Waals surface area contributed by atoms with Crippen LogP contribution in [0.5, 0.6) is 11.5 Å². The van der Waals surface area contributed by atoms with Crippen molar-refractivity contribution in [1.29, 1.82) is 0 Å². The highest BCUT2D eigenvalue weighted by molar-refractivity contribution is 7.80. The number of anilines is 1. The van der Waals surface area contributed by atoms with Crippen LogP contribution in [0.1, 0.15) is 11.1 Å². The molecular weight excluding hydrogens is 389 g/mol. The number of hydrazone groups is 1. The Morgan fingerprint density at radius 2 is 1.79 bits per heavy atom. The fourth-order valence-corrected chi connectivity index (χ4v) is 2.64. The largest absolute Gasteiger partial charge is 0.493 e. The first-order chi connectivity index (χ1) is 14.1. The number of hydrogen-bond donors (Lipinski definition) is 2. The molecule has 5 nitrogen and oxygen atoms in total. The summed E-state index contributed by atoms with van der Waals surface area (Å²) in [5.41, 5.74) is 5.32. The normalized spacial score (nSPS) is 10.6. The molecule has 0 unspecified atom stereocenters. The second-order valence-electron chi connectivity index (χ2n) is 6.02. The molecular formula is C22H20FN3O2S. The van der Waals surface area contributed by atoms with Crippen molar-refractivity contribution >= 4 is 29.2 Å². The number of benzene rings is 3. The second-order valence-corrected chi connectivity index (χ2v) is 6.42. The van der Waals surface area contributed by atoms with Gasteiger partial charge in [0.1, 0.15) is 12.4 Å². The lowest BCUT2D eigenvalue weighted by molar-refractivity contribution is 0.284. The number of nitrogens with one attached hydrogen (secondary N) is 2. The highest BCUT2D eigenvalue weighted by Crippen LogP contribution is 2.28. The lowest BCUT2D eigenvalue weighted by Gasteiger charge is -2.11. The number of rotatable bonds is 7. The summed E-state index contributed by atoms with van der Waals surface area (Å²) in [4.78, 5) is 0. The molecule has 3 aromatic carbocycles. The molecule has 0 bridgehead atoms. The van der Waals surface area contributed by atoms with Gasteiger partial charge in [-0.2, -0.15) is 5.10 Å². The lowest BCUT2D eigenvalue weighted by Crippen LogP contribution is -2.23. The summed E-state index contributed by atoms with van der Waals surface area (Å²) in [6, 6.07) is 21.2. The highest BCUT2D eigenvalue weighted by atomic mass is 32.1. The van der Waals surface area contributed by atoms with E-state index in [1.807, 2.05) is 36.4 Å². The number of halogens is 1. The average molecular weight is 409 g/mol. The molecule has 0 amide bonds. The Hall–Kier alpha value is -3.45. The van der Waals surface area contributed by atoms with Crippen molar-refractivity contribution in [3.8, 4) is 11.5 Å². The Bertz CT molecular complexity index is 979. The third-order valence-corrected chi connectivity index (χ3v) is 4.10. The van der Waals surface area contributed by atoms with Crippen molar-refractivity contribution in [3.63, 3.8) is 0 Å². The zero-order valence-electron chi connectivity index (χ0n) is 15.8. The molecule has 0 aromatic heterocycles. The quantitative estimate of drug-likeness (QED) is 0.336. The SMILES string of the molecule is COc1cc(/C=N/NC(=S)Nc2ccccc2)ccc1OCc1ccc(F)cc1. The standard InChI is InChI=1S/C22H20FN3O2S/c1-27-21-13-17(14-24-26-22(29)25-19-5-3-2-4-6-19)9-12-20(21)28-15-16-7-10-18(23)11-8-16/h2-14H,15H2,1H3,(H2,25,26,29)/b24-14+. The number of hydrogen-bond acceptors (Lipinski definition) is 4. The summed E-state index contributed by atoms with van der Waals surface area (Å²) in [7, 11) is 1.57. The van der Waals surface area contributed by atoms with Gasteiger partial charge >= 0.3 is 0 Å². The van der Waals surface area contributed by atoms with Crippen LogP contribution in [-0.4, -0.2) is 18.4 Å².